The summed E-state index contributed by atoms with van der Waals surface area (Å²) in [5.74, 6) is 1.86. The molecule has 0 amide bonds. The van der Waals surface area contributed by atoms with Crippen molar-refractivity contribution in [1.29, 1.82) is 0 Å². The standard InChI is InChI=1S/C12H21NO/c1-4-11(5-2)8-13-9-12-10(3)6-7-14-12/h6-7,11,13H,4-5,8-9H2,1-3H3. The van der Waals surface area contributed by atoms with Crippen LogP contribution in [-0.2, 0) is 6.54 Å². The summed E-state index contributed by atoms with van der Waals surface area (Å²) in [6, 6.07) is 2.01. The predicted octanol–water partition coefficient (Wildman–Crippen LogP) is 3.11. The molecule has 0 aliphatic heterocycles. The molecule has 0 aliphatic rings. The molecular formula is C12H21NO. The SMILES string of the molecule is CCC(CC)CNCc1occc1C. The van der Waals surface area contributed by atoms with Gasteiger partial charge in [0.1, 0.15) is 5.76 Å². The van der Waals surface area contributed by atoms with Crippen LogP contribution in [0.2, 0.25) is 0 Å². The Morgan fingerprint density at radius 1 is 1.36 bits per heavy atom. The number of aryl methyl sites for hydroxylation is 1. The zero-order valence-corrected chi connectivity index (χ0v) is 9.47. The fourth-order valence-corrected chi connectivity index (χ4v) is 1.55. The van der Waals surface area contributed by atoms with E-state index in [9.17, 15) is 0 Å². The second-order valence-electron chi connectivity index (χ2n) is 3.84. The molecule has 0 unspecified atom stereocenters. The van der Waals surface area contributed by atoms with Crippen LogP contribution in [0.3, 0.4) is 0 Å². The molecule has 2 heteroatoms. The van der Waals surface area contributed by atoms with Crippen LogP contribution < -0.4 is 5.32 Å². The van der Waals surface area contributed by atoms with Crippen molar-refractivity contribution in [3.8, 4) is 0 Å². The molecule has 1 aromatic rings. The Kier molecular flexibility index (Phi) is 4.74. The van der Waals surface area contributed by atoms with Crippen molar-refractivity contribution in [3.05, 3.63) is 23.7 Å². The number of hydrogen-bond acceptors (Lipinski definition) is 2. The monoisotopic (exact) mass is 195 g/mol. The molecule has 2 nitrogen and oxygen atoms in total. The van der Waals surface area contributed by atoms with Crippen LogP contribution in [0.25, 0.3) is 0 Å². The average molecular weight is 195 g/mol. The predicted molar refractivity (Wildman–Crippen MR) is 59.2 cm³/mol. The topological polar surface area (TPSA) is 25.2 Å². The minimum absolute atomic E-state index is 0.797. The van der Waals surface area contributed by atoms with Gasteiger partial charge in [-0.05, 0) is 31.0 Å². The van der Waals surface area contributed by atoms with E-state index in [2.05, 4.69) is 26.1 Å². The van der Waals surface area contributed by atoms with Crippen molar-refractivity contribution in [3.63, 3.8) is 0 Å². The summed E-state index contributed by atoms with van der Waals surface area (Å²) in [6.45, 7) is 8.52. The molecule has 1 N–H and O–H groups in total. The molecule has 0 atom stereocenters. The van der Waals surface area contributed by atoms with Gasteiger partial charge in [0.25, 0.3) is 0 Å². The molecule has 0 radical (unpaired) electrons. The summed E-state index contributed by atoms with van der Waals surface area (Å²) in [6.07, 6.45) is 4.25. The lowest BCUT2D eigenvalue weighted by molar-refractivity contribution is 0.421. The van der Waals surface area contributed by atoms with Crippen LogP contribution in [0.15, 0.2) is 16.7 Å². The highest BCUT2D eigenvalue weighted by atomic mass is 16.3. The molecule has 14 heavy (non-hydrogen) atoms. The second-order valence-corrected chi connectivity index (χ2v) is 3.84. The van der Waals surface area contributed by atoms with Gasteiger partial charge in [-0.25, -0.2) is 0 Å². The number of rotatable bonds is 6. The van der Waals surface area contributed by atoms with Gasteiger partial charge in [0.2, 0.25) is 0 Å². The highest BCUT2D eigenvalue weighted by Crippen LogP contribution is 2.09. The minimum atomic E-state index is 0.797. The maximum absolute atomic E-state index is 5.35. The first-order chi connectivity index (χ1) is 6.77. The Balaban J connectivity index is 2.24. The van der Waals surface area contributed by atoms with E-state index >= 15 is 0 Å². The molecule has 0 fully saturated rings. The van der Waals surface area contributed by atoms with Crippen LogP contribution in [0, 0.1) is 12.8 Å². The van der Waals surface area contributed by atoms with Gasteiger partial charge in [0, 0.05) is 0 Å². The first-order valence-corrected chi connectivity index (χ1v) is 5.51. The lowest BCUT2D eigenvalue weighted by Crippen LogP contribution is -2.21. The zero-order chi connectivity index (χ0) is 10.4. The van der Waals surface area contributed by atoms with E-state index < -0.39 is 0 Å². The second kappa shape index (κ2) is 5.86. The first-order valence-electron chi connectivity index (χ1n) is 5.51. The van der Waals surface area contributed by atoms with Crippen LogP contribution in [0.1, 0.15) is 38.0 Å². The van der Waals surface area contributed by atoms with E-state index in [4.69, 9.17) is 4.42 Å². The molecular weight excluding hydrogens is 174 g/mol. The summed E-state index contributed by atoms with van der Waals surface area (Å²) < 4.78 is 5.35. The molecule has 80 valence electrons. The van der Waals surface area contributed by atoms with Crippen molar-refractivity contribution in [2.45, 2.75) is 40.2 Å². The normalized spacial score (nSPS) is 11.1. The van der Waals surface area contributed by atoms with Gasteiger partial charge in [-0.1, -0.05) is 26.7 Å². The molecule has 1 heterocycles. The van der Waals surface area contributed by atoms with Gasteiger partial charge >= 0.3 is 0 Å². The molecule has 0 saturated carbocycles. The fourth-order valence-electron chi connectivity index (χ4n) is 1.55. The van der Waals surface area contributed by atoms with Crippen LogP contribution >= 0.6 is 0 Å². The quantitative estimate of drug-likeness (QED) is 0.754. The van der Waals surface area contributed by atoms with Gasteiger partial charge in [0.05, 0.1) is 12.8 Å². The van der Waals surface area contributed by atoms with Gasteiger partial charge in [-0.3, -0.25) is 0 Å². The third-order valence-corrected chi connectivity index (χ3v) is 2.84. The Labute approximate surface area is 86.7 Å². The molecule has 0 bridgehead atoms. The van der Waals surface area contributed by atoms with Gasteiger partial charge in [-0.2, -0.15) is 0 Å². The Morgan fingerprint density at radius 2 is 2.07 bits per heavy atom. The lowest BCUT2D eigenvalue weighted by atomic mass is 10.0. The van der Waals surface area contributed by atoms with Crippen LogP contribution in [0.4, 0.5) is 0 Å². The minimum Gasteiger partial charge on any atom is -0.468 e. The lowest BCUT2D eigenvalue weighted by Gasteiger charge is -2.12. The van der Waals surface area contributed by atoms with E-state index in [1.165, 1.54) is 18.4 Å². The van der Waals surface area contributed by atoms with E-state index in [-0.39, 0.29) is 0 Å². The largest absolute Gasteiger partial charge is 0.468 e. The van der Waals surface area contributed by atoms with Crippen molar-refractivity contribution < 1.29 is 4.42 Å². The number of nitrogens with one attached hydrogen (secondary N) is 1. The average Bonchev–Trinajstić information content (AvgIpc) is 2.59. The molecule has 0 saturated heterocycles. The van der Waals surface area contributed by atoms with Crippen molar-refractivity contribution in [2.24, 2.45) is 5.92 Å². The maximum atomic E-state index is 5.35. The Bertz CT molecular complexity index is 251. The van der Waals surface area contributed by atoms with E-state index in [0.717, 1.165) is 24.8 Å². The summed E-state index contributed by atoms with van der Waals surface area (Å²) in [4.78, 5) is 0. The zero-order valence-electron chi connectivity index (χ0n) is 9.47. The smallest absolute Gasteiger partial charge is 0.120 e. The molecule has 0 spiro atoms. The molecule has 0 aromatic carbocycles. The maximum Gasteiger partial charge on any atom is 0.120 e. The Hall–Kier alpha value is -0.760. The molecule has 0 aliphatic carbocycles. The van der Waals surface area contributed by atoms with E-state index in [1.807, 2.05) is 6.07 Å². The van der Waals surface area contributed by atoms with Gasteiger partial charge in [-0.15, -0.1) is 0 Å². The van der Waals surface area contributed by atoms with Gasteiger partial charge < -0.3 is 9.73 Å². The number of furan rings is 1. The summed E-state index contributed by atoms with van der Waals surface area (Å²) in [7, 11) is 0. The van der Waals surface area contributed by atoms with Gasteiger partial charge in [0.15, 0.2) is 0 Å². The van der Waals surface area contributed by atoms with Crippen LogP contribution in [-0.4, -0.2) is 6.54 Å². The highest BCUT2D eigenvalue weighted by Gasteiger charge is 2.04. The van der Waals surface area contributed by atoms with Crippen LogP contribution in [0.5, 0.6) is 0 Å². The summed E-state index contributed by atoms with van der Waals surface area (Å²) in [5, 5.41) is 3.44. The van der Waals surface area contributed by atoms with Crippen molar-refractivity contribution in [1.82, 2.24) is 5.32 Å². The van der Waals surface area contributed by atoms with Crippen molar-refractivity contribution >= 4 is 0 Å². The van der Waals surface area contributed by atoms with E-state index in [1.54, 1.807) is 6.26 Å². The van der Waals surface area contributed by atoms with E-state index in [0.29, 0.717) is 0 Å². The summed E-state index contributed by atoms with van der Waals surface area (Å²) >= 11 is 0. The third kappa shape index (κ3) is 3.18. The van der Waals surface area contributed by atoms with Crippen molar-refractivity contribution in [2.75, 3.05) is 6.54 Å². The highest BCUT2D eigenvalue weighted by molar-refractivity contribution is 5.13. The molecule has 1 aromatic heterocycles. The third-order valence-electron chi connectivity index (χ3n) is 2.84. The summed E-state index contributed by atoms with van der Waals surface area (Å²) in [5.41, 5.74) is 1.24. The fraction of sp³-hybridized carbons (Fsp3) is 0.667. The number of hydrogen-bond donors (Lipinski definition) is 1. The Morgan fingerprint density at radius 3 is 2.57 bits per heavy atom. The first kappa shape index (κ1) is 11.3. The molecule has 1 rings (SSSR count).